The largest absolute Gasteiger partial charge is 0.481 e. The standard InChI is InChI=1S/C13H17FO2/c1-13(2,14)9-11-6-4-3-5-10(11)7-8-12(15)16/h3-6H,7-9H2,1-2H3,(H,15,16). The molecule has 0 fully saturated rings. The highest BCUT2D eigenvalue weighted by atomic mass is 19.1. The van der Waals surface area contributed by atoms with E-state index in [1.807, 2.05) is 24.3 Å². The molecule has 0 aliphatic rings. The van der Waals surface area contributed by atoms with Gasteiger partial charge in [0.25, 0.3) is 0 Å². The predicted molar refractivity (Wildman–Crippen MR) is 61.3 cm³/mol. The summed E-state index contributed by atoms with van der Waals surface area (Å²) >= 11 is 0. The van der Waals surface area contributed by atoms with Crippen molar-refractivity contribution >= 4 is 5.97 Å². The molecule has 16 heavy (non-hydrogen) atoms. The molecular formula is C13H17FO2. The first-order valence-electron chi connectivity index (χ1n) is 5.36. The van der Waals surface area contributed by atoms with Gasteiger partial charge in [-0.05, 0) is 31.4 Å². The lowest BCUT2D eigenvalue weighted by Crippen LogP contribution is -2.17. The quantitative estimate of drug-likeness (QED) is 0.834. The number of rotatable bonds is 5. The summed E-state index contributed by atoms with van der Waals surface area (Å²) < 4.78 is 13.5. The van der Waals surface area contributed by atoms with Crippen molar-refractivity contribution in [2.45, 2.75) is 38.8 Å². The molecule has 1 N–H and O–H groups in total. The van der Waals surface area contributed by atoms with Crippen molar-refractivity contribution in [3.63, 3.8) is 0 Å². The second-order valence-corrected chi connectivity index (χ2v) is 4.56. The SMILES string of the molecule is CC(C)(F)Cc1ccccc1CCC(=O)O. The molecule has 3 heteroatoms. The molecular weight excluding hydrogens is 207 g/mol. The van der Waals surface area contributed by atoms with E-state index >= 15 is 0 Å². The molecule has 0 saturated heterocycles. The van der Waals surface area contributed by atoms with Gasteiger partial charge >= 0.3 is 5.97 Å². The first-order valence-corrected chi connectivity index (χ1v) is 5.36. The van der Waals surface area contributed by atoms with Crippen LogP contribution in [-0.2, 0) is 17.6 Å². The number of benzene rings is 1. The van der Waals surface area contributed by atoms with E-state index in [4.69, 9.17) is 5.11 Å². The smallest absolute Gasteiger partial charge is 0.303 e. The molecule has 88 valence electrons. The second-order valence-electron chi connectivity index (χ2n) is 4.56. The lowest BCUT2D eigenvalue weighted by Gasteiger charge is -2.16. The molecule has 0 atom stereocenters. The summed E-state index contributed by atoms with van der Waals surface area (Å²) in [6.07, 6.45) is 0.869. The molecule has 0 spiro atoms. The summed E-state index contributed by atoms with van der Waals surface area (Å²) in [6, 6.07) is 7.43. The average Bonchev–Trinajstić information content (AvgIpc) is 2.14. The number of halogens is 1. The van der Waals surface area contributed by atoms with E-state index in [9.17, 15) is 9.18 Å². The summed E-state index contributed by atoms with van der Waals surface area (Å²) in [7, 11) is 0. The first kappa shape index (κ1) is 12.7. The van der Waals surface area contributed by atoms with E-state index in [1.54, 1.807) is 0 Å². The molecule has 1 aromatic rings. The summed E-state index contributed by atoms with van der Waals surface area (Å²) in [5, 5.41) is 8.62. The summed E-state index contributed by atoms with van der Waals surface area (Å²) in [4.78, 5) is 10.5. The van der Waals surface area contributed by atoms with Gasteiger partial charge in [-0.15, -0.1) is 0 Å². The molecule has 0 aliphatic heterocycles. The number of carbonyl (C=O) groups is 1. The molecule has 0 bridgehead atoms. The van der Waals surface area contributed by atoms with Gasteiger partial charge in [-0.1, -0.05) is 24.3 Å². The van der Waals surface area contributed by atoms with Gasteiger partial charge in [-0.25, -0.2) is 4.39 Å². The van der Waals surface area contributed by atoms with Crippen LogP contribution in [-0.4, -0.2) is 16.7 Å². The number of aliphatic carboxylic acids is 1. The van der Waals surface area contributed by atoms with E-state index in [0.29, 0.717) is 12.8 Å². The Balaban J connectivity index is 2.79. The van der Waals surface area contributed by atoms with Crippen molar-refractivity contribution < 1.29 is 14.3 Å². The van der Waals surface area contributed by atoms with Crippen molar-refractivity contribution in [3.05, 3.63) is 35.4 Å². The topological polar surface area (TPSA) is 37.3 Å². The zero-order chi connectivity index (χ0) is 12.2. The van der Waals surface area contributed by atoms with Crippen molar-refractivity contribution in [1.29, 1.82) is 0 Å². The minimum absolute atomic E-state index is 0.0870. The van der Waals surface area contributed by atoms with Crippen molar-refractivity contribution in [2.75, 3.05) is 0 Å². The van der Waals surface area contributed by atoms with Gasteiger partial charge in [0.2, 0.25) is 0 Å². The zero-order valence-electron chi connectivity index (χ0n) is 9.66. The van der Waals surface area contributed by atoms with Gasteiger partial charge in [-0.3, -0.25) is 4.79 Å². The molecule has 1 aromatic carbocycles. The van der Waals surface area contributed by atoms with Crippen molar-refractivity contribution in [3.8, 4) is 0 Å². The van der Waals surface area contributed by atoms with Crippen molar-refractivity contribution in [2.24, 2.45) is 0 Å². The number of hydrogen-bond donors (Lipinski definition) is 1. The van der Waals surface area contributed by atoms with E-state index in [-0.39, 0.29) is 6.42 Å². The van der Waals surface area contributed by atoms with Crippen LogP contribution in [0.2, 0.25) is 0 Å². The van der Waals surface area contributed by atoms with Crippen LogP contribution in [0.1, 0.15) is 31.4 Å². The molecule has 0 aromatic heterocycles. The average molecular weight is 224 g/mol. The number of carboxylic acid groups (broad SMARTS) is 1. The summed E-state index contributed by atoms with van der Waals surface area (Å²) in [6.45, 7) is 3.06. The minimum Gasteiger partial charge on any atom is -0.481 e. The van der Waals surface area contributed by atoms with Crippen LogP contribution in [0, 0.1) is 0 Å². The van der Waals surface area contributed by atoms with Gasteiger partial charge in [0.05, 0.1) is 0 Å². The Morgan fingerprint density at radius 3 is 2.38 bits per heavy atom. The van der Waals surface area contributed by atoms with Crippen LogP contribution in [0.3, 0.4) is 0 Å². The van der Waals surface area contributed by atoms with Crippen LogP contribution >= 0.6 is 0 Å². The van der Waals surface area contributed by atoms with E-state index in [2.05, 4.69) is 0 Å². The van der Waals surface area contributed by atoms with Gasteiger partial charge in [0.15, 0.2) is 0 Å². The number of aryl methyl sites for hydroxylation is 1. The van der Waals surface area contributed by atoms with Gasteiger partial charge in [0.1, 0.15) is 5.67 Å². The maximum atomic E-state index is 13.5. The van der Waals surface area contributed by atoms with E-state index < -0.39 is 11.6 Å². The van der Waals surface area contributed by atoms with Crippen LogP contribution in [0.25, 0.3) is 0 Å². The molecule has 0 radical (unpaired) electrons. The van der Waals surface area contributed by atoms with Crippen LogP contribution in [0.15, 0.2) is 24.3 Å². The van der Waals surface area contributed by atoms with Gasteiger partial charge < -0.3 is 5.11 Å². The molecule has 0 unspecified atom stereocenters. The molecule has 0 saturated carbocycles. The van der Waals surface area contributed by atoms with Crippen LogP contribution in [0.5, 0.6) is 0 Å². The van der Waals surface area contributed by atoms with Gasteiger partial charge in [-0.2, -0.15) is 0 Å². The third-order valence-electron chi connectivity index (χ3n) is 2.34. The Morgan fingerprint density at radius 1 is 1.31 bits per heavy atom. The highest BCUT2D eigenvalue weighted by Gasteiger charge is 2.18. The minimum atomic E-state index is -1.26. The fourth-order valence-corrected chi connectivity index (χ4v) is 1.67. The fourth-order valence-electron chi connectivity index (χ4n) is 1.67. The number of alkyl halides is 1. The van der Waals surface area contributed by atoms with Crippen LogP contribution in [0.4, 0.5) is 4.39 Å². The third-order valence-corrected chi connectivity index (χ3v) is 2.34. The fraction of sp³-hybridized carbons (Fsp3) is 0.462. The lowest BCUT2D eigenvalue weighted by atomic mass is 9.94. The normalized spacial score (nSPS) is 11.4. The molecule has 2 nitrogen and oxygen atoms in total. The number of carboxylic acids is 1. The predicted octanol–water partition coefficient (Wildman–Crippen LogP) is 2.99. The molecule has 0 amide bonds. The highest BCUT2D eigenvalue weighted by molar-refractivity contribution is 5.67. The van der Waals surface area contributed by atoms with Gasteiger partial charge in [0, 0.05) is 12.8 Å². The summed E-state index contributed by atoms with van der Waals surface area (Å²) in [5.74, 6) is -0.825. The van der Waals surface area contributed by atoms with E-state index in [1.165, 1.54) is 13.8 Å². The molecule has 1 rings (SSSR count). The Hall–Kier alpha value is -1.38. The Morgan fingerprint density at radius 2 is 1.88 bits per heavy atom. The maximum absolute atomic E-state index is 13.5. The Bertz CT molecular complexity index is 366. The first-order chi connectivity index (χ1) is 7.38. The number of hydrogen-bond acceptors (Lipinski definition) is 1. The monoisotopic (exact) mass is 224 g/mol. The highest BCUT2D eigenvalue weighted by Crippen LogP contribution is 2.20. The maximum Gasteiger partial charge on any atom is 0.303 e. The van der Waals surface area contributed by atoms with Crippen molar-refractivity contribution in [1.82, 2.24) is 0 Å². The zero-order valence-corrected chi connectivity index (χ0v) is 9.66. The third kappa shape index (κ3) is 4.43. The Kier molecular flexibility index (Phi) is 4.05. The lowest BCUT2D eigenvalue weighted by molar-refractivity contribution is -0.136. The second kappa shape index (κ2) is 5.10. The Labute approximate surface area is 95.1 Å². The molecule has 0 aliphatic carbocycles. The van der Waals surface area contributed by atoms with E-state index in [0.717, 1.165) is 11.1 Å². The molecule has 0 heterocycles. The summed E-state index contributed by atoms with van der Waals surface area (Å²) in [5.41, 5.74) is 0.561. The van der Waals surface area contributed by atoms with Crippen LogP contribution < -0.4 is 0 Å².